The third-order valence-corrected chi connectivity index (χ3v) is 3.50. The lowest BCUT2D eigenvalue weighted by atomic mass is 10.3. The summed E-state index contributed by atoms with van der Waals surface area (Å²) in [5, 5.41) is 0. The van der Waals surface area contributed by atoms with Crippen LogP contribution in [0.2, 0.25) is 0 Å². The van der Waals surface area contributed by atoms with E-state index in [0.29, 0.717) is 12.4 Å². The molecule has 0 N–H and O–H groups in total. The van der Waals surface area contributed by atoms with Gasteiger partial charge in [-0.3, -0.25) is 0 Å². The van der Waals surface area contributed by atoms with Crippen LogP contribution in [-0.4, -0.2) is 16.7 Å². The van der Waals surface area contributed by atoms with Crippen LogP contribution in [0.4, 0.5) is 0 Å². The highest BCUT2D eigenvalue weighted by Crippen LogP contribution is 2.24. The van der Waals surface area contributed by atoms with Crippen LogP contribution in [0.5, 0.6) is 5.75 Å². The van der Waals surface area contributed by atoms with E-state index in [1.54, 1.807) is 7.11 Å². The van der Waals surface area contributed by atoms with E-state index in [0.717, 1.165) is 34.1 Å². The first-order valence-electron chi connectivity index (χ1n) is 6.35. The number of aryl methyl sites for hydroxylation is 1. The van der Waals surface area contributed by atoms with Crippen LogP contribution < -0.4 is 4.74 Å². The molecule has 5 heteroatoms. The van der Waals surface area contributed by atoms with Crippen molar-refractivity contribution >= 4 is 22.6 Å². The number of furan rings is 1. The highest BCUT2D eigenvalue weighted by atomic mass is 35.5. The van der Waals surface area contributed by atoms with Gasteiger partial charge < -0.3 is 13.7 Å². The highest BCUT2D eigenvalue weighted by Gasteiger charge is 2.12. The summed E-state index contributed by atoms with van der Waals surface area (Å²) in [6.45, 7) is 2.56. The molecule has 0 bridgehead atoms. The van der Waals surface area contributed by atoms with E-state index >= 15 is 0 Å². The van der Waals surface area contributed by atoms with E-state index in [-0.39, 0.29) is 0 Å². The molecule has 2 heterocycles. The number of ether oxygens (including phenoxy) is 1. The van der Waals surface area contributed by atoms with Gasteiger partial charge in [0, 0.05) is 6.07 Å². The van der Waals surface area contributed by atoms with Crippen molar-refractivity contribution in [3.8, 4) is 5.75 Å². The van der Waals surface area contributed by atoms with Gasteiger partial charge in [-0.05, 0) is 31.2 Å². The van der Waals surface area contributed by atoms with Crippen LogP contribution in [-0.2, 0) is 12.4 Å². The molecular formula is C15H15ClN2O2. The SMILES string of the molecule is COc1ccc2c(c1)nc(CCl)n2Cc1ccc(C)o1. The monoisotopic (exact) mass is 290 g/mol. The summed E-state index contributed by atoms with van der Waals surface area (Å²) in [5.41, 5.74) is 1.90. The molecule has 0 radical (unpaired) electrons. The van der Waals surface area contributed by atoms with Crippen LogP contribution in [0.1, 0.15) is 17.3 Å². The van der Waals surface area contributed by atoms with Gasteiger partial charge >= 0.3 is 0 Å². The van der Waals surface area contributed by atoms with E-state index < -0.39 is 0 Å². The van der Waals surface area contributed by atoms with Gasteiger partial charge in [0.15, 0.2) is 0 Å². The summed E-state index contributed by atoms with van der Waals surface area (Å²) < 4.78 is 12.9. The van der Waals surface area contributed by atoms with E-state index in [1.807, 2.05) is 37.3 Å². The Labute approximate surface area is 121 Å². The van der Waals surface area contributed by atoms with Crippen LogP contribution in [0, 0.1) is 6.92 Å². The maximum Gasteiger partial charge on any atom is 0.125 e. The number of rotatable bonds is 4. The molecule has 0 unspecified atom stereocenters. The van der Waals surface area contributed by atoms with E-state index in [2.05, 4.69) is 9.55 Å². The summed E-state index contributed by atoms with van der Waals surface area (Å²) in [6, 6.07) is 9.76. The minimum absolute atomic E-state index is 0.358. The van der Waals surface area contributed by atoms with Crippen molar-refractivity contribution in [3.63, 3.8) is 0 Å². The molecule has 0 aliphatic carbocycles. The molecule has 0 fully saturated rings. The molecule has 20 heavy (non-hydrogen) atoms. The van der Waals surface area contributed by atoms with Crippen LogP contribution in [0.15, 0.2) is 34.7 Å². The summed E-state index contributed by atoms with van der Waals surface area (Å²) in [7, 11) is 1.65. The number of nitrogens with zero attached hydrogens (tertiary/aromatic N) is 2. The summed E-state index contributed by atoms with van der Waals surface area (Å²) >= 11 is 6.00. The maximum atomic E-state index is 6.00. The maximum absolute atomic E-state index is 6.00. The van der Waals surface area contributed by atoms with Crippen LogP contribution in [0.3, 0.4) is 0 Å². The van der Waals surface area contributed by atoms with Gasteiger partial charge in [-0.2, -0.15) is 0 Å². The molecule has 0 saturated carbocycles. The van der Waals surface area contributed by atoms with Gasteiger partial charge in [-0.15, -0.1) is 11.6 Å². The quantitative estimate of drug-likeness (QED) is 0.687. The van der Waals surface area contributed by atoms with Gasteiger partial charge in [0.05, 0.1) is 30.6 Å². The Bertz CT molecular complexity index is 745. The lowest BCUT2D eigenvalue weighted by Gasteiger charge is -2.06. The molecule has 3 aromatic rings. The Morgan fingerprint density at radius 3 is 2.80 bits per heavy atom. The zero-order chi connectivity index (χ0) is 14.1. The minimum atomic E-state index is 0.358. The largest absolute Gasteiger partial charge is 0.497 e. The molecule has 0 aliphatic rings. The second kappa shape index (κ2) is 5.21. The third kappa shape index (κ3) is 2.27. The number of hydrogen-bond acceptors (Lipinski definition) is 3. The zero-order valence-corrected chi connectivity index (χ0v) is 12.1. The van der Waals surface area contributed by atoms with Crippen molar-refractivity contribution in [1.82, 2.24) is 9.55 Å². The van der Waals surface area contributed by atoms with Crippen molar-refractivity contribution in [3.05, 3.63) is 47.7 Å². The molecule has 0 saturated heterocycles. The molecule has 4 nitrogen and oxygen atoms in total. The van der Waals surface area contributed by atoms with Gasteiger partial charge in [-0.25, -0.2) is 4.98 Å². The second-order valence-corrected chi connectivity index (χ2v) is 4.88. The summed E-state index contributed by atoms with van der Waals surface area (Å²) in [4.78, 5) is 4.55. The summed E-state index contributed by atoms with van der Waals surface area (Å²) in [6.07, 6.45) is 0. The Hall–Kier alpha value is -1.94. The van der Waals surface area contributed by atoms with Gasteiger partial charge in [0.1, 0.15) is 23.1 Å². The number of hydrogen-bond donors (Lipinski definition) is 0. The number of benzene rings is 1. The molecule has 3 rings (SSSR count). The van der Waals surface area contributed by atoms with E-state index in [9.17, 15) is 0 Å². The zero-order valence-electron chi connectivity index (χ0n) is 11.4. The number of imidazole rings is 1. The smallest absolute Gasteiger partial charge is 0.125 e. The van der Waals surface area contributed by atoms with Crippen LogP contribution >= 0.6 is 11.6 Å². The van der Waals surface area contributed by atoms with Crippen molar-refractivity contribution < 1.29 is 9.15 Å². The van der Waals surface area contributed by atoms with Gasteiger partial charge in [0.2, 0.25) is 0 Å². The normalized spacial score (nSPS) is 11.2. The van der Waals surface area contributed by atoms with Gasteiger partial charge in [-0.1, -0.05) is 0 Å². The Balaban J connectivity index is 2.08. The molecule has 1 aromatic carbocycles. The molecule has 104 valence electrons. The number of methoxy groups -OCH3 is 1. The number of halogens is 1. The standard InChI is InChI=1S/C15H15ClN2O2/c1-10-3-4-12(20-10)9-18-14-6-5-11(19-2)7-13(14)17-15(18)8-16/h3-7H,8-9H2,1-2H3. The van der Waals surface area contributed by atoms with Gasteiger partial charge in [0.25, 0.3) is 0 Å². The first-order chi connectivity index (χ1) is 9.71. The fourth-order valence-corrected chi connectivity index (χ4v) is 2.49. The number of aromatic nitrogens is 2. The topological polar surface area (TPSA) is 40.2 Å². The average molecular weight is 291 g/mol. The Morgan fingerprint density at radius 1 is 1.30 bits per heavy atom. The molecule has 2 aromatic heterocycles. The van der Waals surface area contributed by atoms with Crippen molar-refractivity contribution in [2.45, 2.75) is 19.3 Å². The predicted octanol–water partition coefficient (Wildman–Crippen LogP) is 3.73. The molecule has 0 atom stereocenters. The lowest BCUT2D eigenvalue weighted by Crippen LogP contribution is -2.02. The van der Waals surface area contributed by atoms with Crippen molar-refractivity contribution in [1.29, 1.82) is 0 Å². The molecule has 0 spiro atoms. The number of fused-ring (bicyclic) bond motifs is 1. The lowest BCUT2D eigenvalue weighted by molar-refractivity contribution is 0.415. The Morgan fingerprint density at radius 2 is 2.15 bits per heavy atom. The number of alkyl halides is 1. The molecular weight excluding hydrogens is 276 g/mol. The molecule has 0 amide bonds. The van der Waals surface area contributed by atoms with E-state index in [1.165, 1.54) is 0 Å². The first kappa shape index (κ1) is 13.1. The predicted molar refractivity (Wildman–Crippen MR) is 78.4 cm³/mol. The third-order valence-electron chi connectivity index (χ3n) is 3.26. The van der Waals surface area contributed by atoms with Crippen molar-refractivity contribution in [2.75, 3.05) is 7.11 Å². The van der Waals surface area contributed by atoms with Crippen LogP contribution in [0.25, 0.3) is 11.0 Å². The highest BCUT2D eigenvalue weighted by molar-refractivity contribution is 6.16. The van der Waals surface area contributed by atoms with Crippen molar-refractivity contribution in [2.24, 2.45) is 0 Å². The average Bonchev–Trinajstić information content (AvgIpc) is 3.02. The fourth-order valence-electron chi connectivity index (χ4n) is 2.29. The Kier molecular flexibility index (Phi) is 3.40. The fraction of sp³-hybridized carbons (Fsp3) is 0.267. The molecule has 0 aliphatic heterocycles. The van der Waals surface area contributed by atoms with E-state index in [4.69, 9.17) is 20.8 Å². The summed E-state index contributed by atoms with van der Waals surface area (Å²) in [5.74, 6) is 3.76. The first-order valence-corrected chi connectivity index (χ1v) is 6.89. The second-order valence-electron chi connectivity index (χ2n) is 4.61. The minimum Gasteiger partial charge on any atom is -0.497 e.